The highest BCUT2D eigenvalue weighted by Gasteiger charge is 2.23. The standard InChI is InChI=1S/C14H15FO3/c1-17-14(16)18-13-8-3-2-7-12(13)10-5-4-6-11(15)9-10/h4-7,9,13H,2-3,8H2,1H3. The van der Waals surface area contributed by atoms with Crippen LogP contribution in [0.15, 0.2) is 30.3 Å². The number of carbonyl (C=O) groups is 1. The molecule has 0 aromatic heterocycles. The van der Waals surface area contributed by atoms with Crippen molar-refractivity contribution in [3.63, 3.8) is 0 Å². The van der Waals surface area contributed by atoms with Gasteiger partial charge >= 0.3 is 6.16 Å². The number of allylic oxidation sites excluding steroid dienone is 1. The summed E-state index contributed by atoms with van der Waals surface area (Å²) < 4.78 is 22.9. The lowest BCUT2D eigenvalue weighted by Gasteiger charge is -2.24. The van der Waals surface area contributed by atoms with Gasteiger partial charge in [0.15, 0.2) is 0 Å². The highest BCUT2D eigenvalue weighted by atomic mass is 19.1. The van der Waals surface area contributed by atoms with Crippen LogP contribution in [0.1, 0.15) is 24.8 Å². The highest BCUT2D eigenvalue weighted by Crippen LogP contribution is 2.30. The minimum Gasteiger partial charge on any atom is -0.438 e. The number of halogens is 1. The van der Waals surface area contributed by atoms with Crippen molar-refractivity contribution in [1.29, 1.82) is 0 Å². The fraction of sp³-hybridized carbons (Fsp3) is 0.357. The Morgan fingerprint density at radius 1 is 1.44 bits per heavy atom. The fourth-order valence-electron chi connectivity index (χ4n) is 2.11. The third kappa shape index (κ3) is 2.88. The quantitative estimate of drug-likeness (QED) is 0.753. The van der Waals surface area contributed by atoms with Gasteiger partial charge in [0.05, 0.1) is 7.11 Å². The van der Waals surface area contributed by atoms with Crippen LogP contribution < -0.4 is 0 Å². The lowest BCUT2D eigenvalue weighted by Crippen LogP contribution is -2.22. The van der Waals surface area contributed by atoms with Gasteiger partial charge in [-0.05, 0) is 42.5 Å². The third-order valence-corrected chi connectivity index (χ3v) is 2.94. The topological polar surface area (TPSA) is 35.5 Å². The first-order chi connectivity index (χ1) is 8.70. The van der Waals surface area contributed by atoms with Gasteiger partial charge in [-0.2, -0.15) is 0 Å². The molecule has 1 atom stereocenters. The summed E-state index contributed by atoms with van der Waals surface area (Å²) in [6, 6.07) is 6.30. The van der Waals surface area contributed by atoms with Crippen LogP contribution in [-0.2, 0) is 9.47 Å². The molecule has 0 heterocycles. The smallest absolute Gasteiger partial charge is 0.438 e. The number of rotatable bonds is 2. The maximum atomic E-state index is 13.2. The number of ether oxygens (including phenoxy) is 2. The van der Waals surface area contributed by atoms with E-state index in [4.69, 9.17) is 4.74 Å². The summed E-state index contributed by atoms with van der Waals surface area (Å²) >= 11 is 0. The monoisotopic (exact) mass is 250 g/mol. The summed E-state index contributed by atoms with van der Waals surface area (Å²) in [5.74, 6) is -0.296. The van der Waals surface area contributed by atoms with Crippen molar-refractivity contribution >= 4 is 11.7 Å². The van der Waals surface area contributed by atoms with E-state index in [-0.39, 0.29) is 11.9 Å². The van der Waals surface area contributed by atoms with Gasteiger partial charge in [0.25, 0.3) is 0 Å². The van der Waals surface area contributed by atoms with Crippen LogP contribution in [-0.4, -0.2) is 19.4 Å². The zero-order valence-corrected chi connectivity index (χ0v) is 10.2. The van der Waals surface area contributed by atoms with Gasteiger partial charge in [0.2, 0.25) is 0 Å². The first-order valence-electron chi connectivity index (χ1n) is 5.91. The molecule has 0 saturated carbocycles. The molecular formula is C14H15FO3. The summed E-state index contributed by atoms with van der Waals surface area (Å²) in [6.07, 6.45) is 3.52. The van der Waals surface area contributed by atoms with Gasteiger partial charge < -0.3 is 9.47 Å². The fourth-order valence-corrected chi connectivity index (χ4v) is 2.11. The van der Waals surface area contributed by atoms with Gasteiger partial charge in [-0.1, -0.05) is 18.2 Å². The van der Waals surface area contributed by atoms with Gasteiger partial charge in [-0.25, -0.2) is 9.18 Å². The maximum Gasteiger partial charge on any atom is 0.508 e. The van der Waals surface area contributed by atoms with E-state index in [2.05, 4.69) is 4.74 Å². The summed E-state index contributed by atoms with van der Waals surface area (Å²) in [5, 5.41) is 0. The molecule has 1 aliphatic rings. The van der Waals surface area contributed by atoms with Crippen LogP contribution in [0.4, 0.5) is 9.18 Å². The van der Waals surface area contributed by atoms with E-state index in [1.807, 2.05) is 12.1 Å². The lowest BCUT2D eigenvalue weighted by atomic mass is 9.91. The van der Waals surface area contributed by atoms with Crippen molar-refractivity contribution in [1.82, 2.24) is 0 Å². The van der Waals surface area contributed by atoms with Crippen LogP contribution in [0.2, 0.25) is 0 Å². The van der Waals surface area contributed by atoms with Crippen LogP contribution in [0.3, 0.4) is 0 Å². The zero-order valence-electron chi connectivity index (χ0n) is 10.2. The largest absolute Gasteiger partial charge is 0.508 e. The molecule has 18 heavy (non-hydrogen) atoms. The molecule has 1 aromatic carbocycles. The van der Waals surface area contributed by atoms with Crippen molar-refractivity contribution < 1.29 is 18.7 Å². The van der Waals surface area contributed by atoms with Crippen LogP contribution >= 0.6 is 0 Å². The van der Waals surface area contributed by atoms with E-state index in [1.165, 1.54) is 19.2 Å². The molecule has 0 bridgehead atoms. The number of hydrogen-bond acceptors (Lipinski definition) is 3. The van der Waals surface area contributed by atoms with Crippen molar-refractivity contribution in [2.45, 2.75) is 25.4 Å². The van der Waals surface area contributed by atoms with E-state index >= 15 is 0 Å². The maximum absolute atomic E-state index is 13.2. The van der Waals surface area contributed by atoms with E-state index in [1.54, 1.807) is 6.07 Å². The van der Waals surface area contributed by atoms with E-state index in [9.17, 15) is 9.18 Å². The van der Waals surface area contributed by atoms with Crippen LogP contribution in [0, 0.1) is 5.82 Å². The molecule has 0 amide bonds. The summed E-state index contributed by atoms with van der Waals surface area (Å²) in [5.41, 5.74) is 1.61. The first-order valence-corrected chi connectivity index (χ1v) is 5.91. The van der Waals surface area contributed by atoms with E-state index < -0.39 is 6.16 Å². The molecule has 96 valence electrons. The van der Waals surface area contributed by atoms with Crippen LogP contribution in [0.25, 0.3) is 5.57 Å². The van der Waals surface area contributed by atoms with Crippen molar-refractivity contribution in [2.24, 2.45) is 0 Å². The van der Waals surface area contributed by atoms with Crippen molar-refractivity contribution in [3.05, 3.63) is 41.7 Å². The molecule has 0 fully saturated rings. The van der Waals surface area contributed by atoms with Gasteiger partial charge in [-0.3, -0.25) is 0 Å². The molecule has 3 nitrogen and oxygen atoms in total. The molecule has 1 unspecified atom stereocenters. The Morgan fingerprint density at radius 3 is 3.00 bits per heavy atom. The normalized spacial score (nSPS) is 19.0. The van der Waals surface area contributed by atoms with Crippen molar-refractivity contribution in [3.8, 4) is 0 Å². The Morgan fingerprint density at radius 2 is 2.28 bits per heavy atom. The number of carbonyl (C=O) groups excluding carboxylic acids is 1. The lowest BCUT2D eigenvalue weighted by molar-refractivity contribution is 0.0514. The molecule has 1 aromatic rings. The molecule has 0 aliphatic heterocycles. The zero-order chi connectivity index (χ0) is 13.0. The molecule has 4 heteroatoms. The van der Waals surface area contributed by atoms with E-state index in [0.29, 0.717) is 0 Å². The minimum atomic E-state index is -0.704. The Bertz CT molecular complexity index is 468. The van der Waals surface area contributed by atoms with Gasteiger partial charge in [0, 0.05) is 0 Å². The molecule has 1 aliphatic carbocycles. The first kappa shape index (κ1) is 12.6. The predicted octanol–water partition coefficient (Wildman–Crippen LogP) is 3.54. The van der Waals surface area contributed by atoms with Crippen molar-refractivity contribution in [2.75, 3.05) is 7.11 Å². The number of benzene rings is 1. The SMILES string of the molecule is COC(=O)OC1CCCC=C1c1cccc(F)c1. The highest BCUT2D eigenvalue weighted by molar-refractivity contribution is 5.72. The molecule has 0 radical (unpaired) electrons. The molecular weight excluding hydrogens is 235 g/mol. The Labute approximate surface area is 105 Å². The van der Waals surface area contributed by atoms with Crippen LogP contribution in [0.5, 0.6) is 0 Å². The average Bonchev–Trinajstić information content (AvgIpc) is 2.39. The summed E-state index contributed by atoms with van der Waals surface area (Å²) in [6.45, 7) is 0. The molecule has 0 spiro atoms. The van der Waals surface area contributed by atoms with E-state index in [0.717, 1.165) is 30.4 Å². The second kappa shape index (κ2) is 5.67. The average molecular weight is 250 g/mol. The summed E-state index contributed by atoms with van der Waals surface area (Å²) in [7, 11) is 1.27. The number of hydrogen-bond donors (Lipinski definition) is 0. The number of methoxy groups -OCH3 is 1. The Balaban J connectivity index is 2.23. The Kier molecular flexibility index (Phi) is 3.97. The minimum absolute atomic E-state index is 0.296. The molecule has 0 N–H and O–H groups in total. The second-order valence-electron chi connectivity index (χ2n) is 4.16. The third-order valence-electron chi connectivity index (χ3n) is 2.94. The summed E-state index contributed by atoms with van der Waals surface area (Å²) in [4.78, 5) is 11.2. The Hall–Kier alpha value is -1.84. The molecule has 2 rings (SSSR count). The second-order valence-corrected chi connectivity index (χ2v) is 4.16. The van der Waals surface area contributed by atoms with Gasteiger partial charge in [0.1, 0.15) is 11.9 Å². The molecule has 0 saturated heterocycles. The predicted molar refractivity (Wildman–Crippen MR) is 65.5 cm³/mol. The van der Waals surface area contributed by atoms with Gasteiger partial charge in [-0.15, -0.1) is 0 Å².